The number of benzene rings is 1. The summed E-state index contributed by atoms with van der Waals surface area (Å²) in [4.78, 5) is 0. The van der Waals surface area contributed by atoms with E-state index in [0.29, 0.717) is 6.04 Å². The second kappa shape index (κ2) is 4.76. The lowest BCUT2D eigenvalue weighted by Crippen LogP contribution is -2.39. The summed E-state index contributed by atoms with van der Waals surface area (Å²) < 4.78 is 2.22. The van der Waals surface area contributed by atoms with Gasteiger partial charge in [0.05, 0.1) is 0 Å². The number of rotatable bonds is 3. The molecule has 1 aromatic carbocycles. The predicted octanol–water partition coefficient (Wildman–Crippen LogP) is 3.90. The van der Waals surface area contributed by atoms with Gasteiger partial charge >= 0.3 is 0 Å². The molecule has 0 spiro atoms. The van der Waals surface area contributed by atoms with Gasteiger partial charge in [0, 0.05) is 17.4 Å². The highest BCUT2D eigenvalue weighted by molar-refractivity contribution is 5.28. The van der Waals surface area contributed by atoms with Crippen molar-refractivity contribution in [3.8, 4) is 0 Å². The molecule has 0 amide bonds. The first-order valence-electron chi connectivity index (χ1n) is 7.11. The van der Waals surface area contributed by atoms with E-state index in [1.54, 1.807) is 0 Å². The molecule has 2 aromatic rings. The Hall–Kier alpha value is -1.70. The lowest BCUT2D eigenvalue weighted by molar-refractivity contribution is 0.350. The summed E-state index contributed by atoms with van der Waals surface area (Å²) in [7, 11) is 0. The predicted molar refractivity (Wildman–Crippen MR) is 80.2 cm³/mol. The van der Waals surface area contributed by atoms with E-state index in [4.69, 9.17) is 0 Å². The highest BCUT2D eigenvalue weighted by Gasteiger charge is 2.30. The molecule has 0 saturated heterocycles. The summed E-state index contributed by atoms with van der Waals surface area (Å²) in [6.07, 6.45) is 2.47. The van der Waals surface area contributed by atoms with Crippen molar-refractivity contribution in [3.63, 3.8) is 0 Å². The molecule has 0 bridgehead atoms. The standard InChI is InChI=1S/C17H22N2/c1-12-4-8-15(9-5-12)16-10-17(11-16)18-19-13(2)6-7-14(19)3/h4-9,16-18H,10-11H2,1-3H3. The zero-order chi connectivity index (χ0) is 13.4. The highest BCUT2D eigenvalue weighted by Crippen LogP contribution is 2.37. The smallest absolute Gasteiger partial charge is 0.0436 e. The average molecular weight is 254 g/mol. The van der Waals surface area contributed by atoms with Gasteiger partial charge in [-0.2, -0.15) is 0 Å². The Labute approximate surface area is 115 Å². The fourth-order valence-electron chi connectivity index (χ4n) is 2.89. The molecular weight excluding hydrogens is 232 g/mol. The maximum absolute atomic E-state index is 3.62. The molecule has 0 aliphatic heterocycles. The van der Waals surface area contributed by atoms with Gasteiger partial charge in [0.2, 0.25) is 0 Å². The number of nitrogens with zero attached hydrogens (tertiary/aromatic N) is 1. The zero-order valence-corrected chi connectivity index (χ0v) is 12.0. The Morgan fingerprint density at radius 3 is 2.05 bits per heavy atom. The molecule has 1 fully saturated rings. The van der Waals surface area contributed by atoms with Crippen molar-refractivity contribution >= 4 is 0 Å². The third-order valence-corrected chi connectivity index (χ3v) is 4.27. The maximum atomic E-state index is 3.62. The minimum atomic E-state index is 0.608. The molecule has 100 valence electrons. The Morgan fingerprint density at radius 2 is 1.47 bits per heavy atom. The normalized spacial score (nSPS) is 22.1. The van der Waals surface area contributed by atoms with Crippen molar-refractivity contribution in [1.29, 1.82) is 0 Å². The molecule has 19 heavy (non-hydrogen) atoms. The number of hydrogen-bond donors (Lipinski definition) is 1. The van der Waals surface area contributed by atoms with Gasteiger partial charge in [-0.15, -0.1) is 0 Å². The van der Waals surface area contributed by atoms with E-state index in [-0.39, 0.29) is 0 Å². The van der Waals surface area contributed by atoms with E-state index in [1.807, 2.05) is 0 Å². The molecule has 0 atom stereocenters. The zero-order valence-electron chi connectivity index (χ0n) is 12.0. The molecule has 1 heterocycles. The van der Waals surface area contributed by atoms with Gasteiger partial charge in [0.1, 0.15) is 0 Å². The third-order valence-electron chi connectivity index (χ3n) is 4.27. The SMILES string of the molecule is Cc1ccc(C2CC(Nn3c(C)ccc3C)C2)cc1. The van der Waals surface area contributed by atoms with Gasteiger partial charge in [-0.05, 0) is 57.2 Å². The van der Waals surface area contributed by atoms with Crippen LogP contribution in [0.25, 0.3) is 0 Å². The van der Waals surface area contributed by atoms with Crippen LogP contribution in [-0.2, 0) is 0 Å². The number of aryl methyl sites for hydroxylation is 3. The summed E-state index contributed by atoms with van der Waals surface area (Å²) in [6, 6.07) is 13.9. The molecule has 2 heteroatoms. The minimum Gasteiger partial charge on any atom is -0.323 e. The minimum absolute atomic E-state index is 0.608. The fraction of sp³-hybridized carbons (Fsp3) is 0.412. The summed E-state index contributed by atoms with van der Waals surface area (Å²) in [5.74, 6) is 0.731. The third kappa shape index (κ3) is 2.40. The van der Waals surface area contributed by atoms with Crippen molar-refractivity contribution < 1.29 is 0 Å². The van der Waals surface area contributed by atoms with Crippen molar-refractivity contribution in [1.82, 2.24) is 4.68 Å². The van der Waals surface area contributed by atoms with E-state index in [0.717, 1.165) is 5.92 Å². The van der Waals surface area contributed by atoms with Gasteiger partial charge in [-0.1, -0.05) is 29.8 Å². The maximum Gasteiger partial charge on any atom is 0.0436 e. The first-order chi connectivity index (χ1) is 9.13. The van der Waals surface area contributed by atoms with E-state index in [2.05, 4.69) is 67.3 Å². The van der Waals surface area contributed by atoms with Gasteiger partial charge in [-0.25, -0.2) is 0 Å². The van der Waals surface area contributed by atoms with Crippen molar-refractivity contribution in [2.45, 2.75) is 45.6 Å². The molecular formula is C17H22N2. The van der Waals surface area contributed by atoms with Crippen LogP contribution < -0.4 is 5.43 Å². The fourth-order valence-corrected chi connectivity index (χ4v) is 2.89. The Kier molecular flexibility index (Phi) is 3.09. The van der Waals surface area contributed by atoms with Crippen LogP contribution in [0.4, 0.5) is 0 Å². The molecule has 1 aromatic heterocycles. The molecule has 1 saturated carbocycles. The first kappa shape index (κ1) is 12.3. The summed E-state index contributed by atoms with van der Waals surface area (Å²) in [5, 5.41) is 0. The molecule has 0 radical (unpaired) electrons. The molecule has 0 unspecified atom stereocenters. The van der Waals surface area contributed by atoms with Crippen LogP contribution in [0.3, 0.4) is 0 Å². The number of hydrogen-bond acceptors (Lipinski definition) is 1. The molecule has 3 rings (SSSR count). The van der Waals surface area contributed by atoms with Crippen LogP contribution in [0.5, 0.6) is 0 Å². The van der Waals surface area contributed by atoms with E-state index in [9.17, 15) is 0 Å². The van der Waals surface area contributed by atoms with Crippen LogP contribution in [0.2, 0.25) is 0 Å². The van der Waals surface area contributed by atoms with Gasteiger partial charge in [-0.3, -0.25) is 4.68 Å². The van der Waals surface area contributed by atoms with Crippen molar-refractivity contribution in [2.24, 2.45) is 0 Å². The van der Waals surface area contributed by atoms with Crippen LogP contribution in [0, 0.1) is 20.8 Å². The van der Waals surface area contributed by atoms with Crippen LogP contribution in [0.1, 0.15) is 41.3 Å². The second-order valence-electron chi connectivity index (χ2n) is 5.86. The van der Waals surface area contributed by atoms with Crippen LogP contribution in [-0.4, -0.2) is 10.7 Å². The van der Waals surface area contributed by atoms with Gasteiger partial charge in [0.15, 0.2) is 0 Å². The Morgan fingerprint density at radius 1 is 0.895 bits per heavy atom. The molecule has 1 N–H and O–H groups in total. The first-order valence-corrected chi connectivity index (χ1v) is 7.11. The van der Waals surface area contributed by atoms with E-state index >= 15 is 0 Å². The Bertz CT molecular complexity index is 540. The molecule has 1 aliphatic rings. The van der Waals surface area contributed by atoms with Crippen molar-refractivity contribution in [2.75, 3.05) is 5.43 Å². The van der Waals surface area contributed by atoms with Crippen LogP contribution in [0.15, 0.2) is 36.4 Å². The van der Waals surface area contributed by atoms with Crippen LogP contribution >= 0.6 is 0 Å². The van der Waals surface area contributed by atoms with Gasteiger partial charge < -0.3 is 5.43 Å². The van der Waals surface area contributed by atoms with Gasteiger partial charge in [0.25, 0.3) is 0 Å². The highest BCUT2D eigenvalue weighted by atomic mass is 15.4. The molecule has 1 aliphatic carbocycles. The number of aromatic nitrogens is 1. The van der Waals surface area contributed by atoms with E-state index < -0.39 is 0 Å². The lowest BCUT2D eigenvalue weighted by Gasteiger charge is -2.37. The largest absolute Gasteiger partial charge is 0.323 e. The summed E-state index contributed by atoms with van der Waals surface area (Å²) in [5.41, 5.74) is 9.03. The monoisotopic (exact) mass is 254 g/mol. The number of nitrogens with one attached hydrogen (secondary N) is 1. The summed E-state index contributed by atoms with van der Waals surface area (Å²) in [6.45, 7) is 6.44. The second-order valence-corrected chi connectivity index (χ2v) is 5.86. The average Bonchev–Trinajstić information content (AvgIpc) is 2.66. The van der Waals surface area contributed by atoms with Crippen molar-refractivity contribution in [3.05, 3.63) is 58.9 Å². The molecule has 2 nitrogen and oxygen atoms in total. The Balaban J connectivity index is 1.60. The van der Waals surface area contributed by atoms with E-state index in [1.165, 1.54) is 35.4 Å². The quantitative estimate of drug-likeness (QED) is 0.879. The topological polar surface area (TPSA) is 17.0 Å². The lowest BCUT2D eigenvalue weighted by atomic mass is 9.76. The summed E-state index contributed by atoms with van der Waals surface area (Å²) >= 11 is 0.